The van der Waals surface area contributed by atoms with E-state index in [0.29, 0.717) is 50.2 Å². The zero-order valence-electron chi connectivity index (χ0n) is 52.0. The number of nitrogens with zero attached hydrogens (tertiary/aromatic N) is 2. The average molecular weight is 1360 g/mol. The molecular formula is C69H74N4O25. The Hall–Kier alpha value is -7.90. The van der Waals surface area contributed by atoms with E-state index in [0.717, 1.165) is 0 Å². The summed E-state index contributed by atoms with van der Waals surface area (Å²) in [4.78, 5) is 17.5. The molecule has 0 amide bonds. The molecule has 0 aliphatic carbocycles. The van der Waals surface area contributed by atoms with Gasteiger partial charge in [-0.2, -0.15) is 0 Å². The van der Waals surface area contributed by atoms with Crippen molar-refractivity contribution in [1.29, 1.82) is 0 Å². The summed E-state index contributed by atoms with van der Waals surface area (Å²) in [7, 11) is 0. The standard InChI is InChI=1S/C69H74N4O25/c1-2-42-52(77)58(83)62(87)66(95-42)91-34-13-5-9-30(23-34)48-40-19-17-38(71-40)46(28-7-3-11-32(21-28)92-67-63(88)59(84)53(78)43(25-74)96-67)36-15-16-37(70-36)47(29-8-4-12-33(22-29)93-68-64(89)60(85)54(79)44(26-75)97-68)39-18-20-41(72-39)49(51-57(82)56(81)50(48)73-51)31-10-6-14-35(24-31)94-69-65(90)61(86)55(80)45(27-76)98-69/h3-24,42-45,52-69,71-72,74-90H,2,25-27H2,1H3/t42-,43?,44?,45?,52?,53-,54-,55-,56+,57-,58-,59+,60+,61+,62-,63?,64?,65?,66?,67-,68-,69-/m1/s1. The Bertz CT molecular complexity index is 3960. The van der Waals surface area contributed by atoms with E-state index in [4.69, 9.17) is 47.9 Å². The van der Waals surface area contributed by atoms with E-state index in [1.54, 1.807) is 128 Å². The summed E-state index contributed by atoms with van der Waals surface area (Å²) in [5.41, 5.74) is 4.22. The SMILES string of the molecule is CC[C@H]1OC(Oc2cccc(-c3c4nc(c(-c5cccc(O[C@@H]6OC(CO)[C@@H](O)[C@H](O)C6O)c5)c5ccc([nH]5)c(-c5cccc(O[C@@H]6OC(CO)[C@@H](O)[C@H](O)C6O)c5)c5nc(c(-c6cccc(O[C@@H]7OC(CO)[C@@H](O)[C@H](O)C7O)c6)c6ccc3[nH]6)C=C5)[C@@H](O)[C@H]4O)c2)[C@H](O)[C@H](O)C1O. The van der Waals surface area contributed by atoms with Crippen molar-refractivity contribution >= 4 is 34.2 Å². The summed E-state index contributed by atoms with van der Waals surface area (Å²) in [6.45, 7) is -0.445. The number of nitrogens with one attached hydrogen (secondary N) is 2. The molecule has 22 atom stereocenters. The highest BCUT2D eigenvalue weighted by atomic mass is 16.7. The van der Waals surface area contributed by atoms with Gasteiger partial charge in [-0.15, -0.1) is 0 Å². The summed E-state index contributed by atoms with van der Waals surface area (Å²) < 4.78 is 47.8. The number of hydrogen-bond donors (Lipinski definition) is 19. The van der Waals surface area contributed by atoms with Gasteiger partial charge in [-0.3, -0.25) is 4.98 Å². The van der Waals surface area contributed by atoms with Crippen LogP contribution < -0.4 is 18.9 Å². The van der Waals surface area contributed by atoms with E-state index in [1.807, 2.05) is 0 Å². The molecule has 9 heterocycles. The number of H-pyrrole nitrogens is 2. The molecule has 4 fully saturated rings. The number of ether oxygens (including phenoxy) is 8. The molecular weight excluding hydrogens is 1280 g/mol. The molecule has 6 aliphatic heterocycles. The third-order valence-corrected chi connectivity index (χ3v) is 18.3. The Labute approximate surface area is 556 Å². The Morgan fingerprint density at radius 1 is 0.337 bits per heavy atom. The third-order valence-electron chi connectivity index (χ3n) is 18.3. The van der Waals surface area contributed by atoms with Gasteiger partial charge in [0.2, 0.25) is 25.2 Å². The van der Waals surface area contributed by atoms with E-state index >= 15 is 0 Å². The number of benzene rings is 4. The zero-order valence-corrected chi connectivity index (χ0v) is 52.0. The molecule has 29 heteroatoms. The van der Waals surface area contributed by atoms with Gasteiger partial charge in [0.25, 0.3) is 0 Å². The minimum absolute atomic E-state index is 0.0217. The van der Waals surface area contributed by atoms with Gasteiger partial charge >= 0.3 is 0 Å². The van der Waals surface area contributed by atoms with Gasteiger partial charge < -0.3 is 135 Å². The highest BCUT2D eigenvalue weighted by Gasteiger charge is 2.49. The first-order valence-corrected chi connectivity index (χ1v) is 31.7. The van der Waals surface area contributed by atoms with Gasteiger partial charge in [0, 0.05) is 44.3 Å². The lowest BCUT2D eigenvalue weighted by molar-refractivity contribution is -0.277. The predicted octanol–water partition coefficient (Wildman–Crippen LogP) is 0.0527. The lowest BCUT2D eigenvalue weighted by Gasteiger charge is -2.40. The van der Waals surface area contributed by atoms with Crippen LogP contribution in [0.4, 0.5) is 0 Å². The Balaban J connectivity index is 1.06. The highest BCUT2D eigenvalue weighted by Crippen LogP contribution is 2.46. The monoisotopic (exact) mass is 1360 g/mol. The van der Waals surface area contributed by atoms with Crippen LogP contribution in [0.1, 0.15) is 48.3 Å². The first kappa shape index (κ1) is 68.6. The van der Waals surface area contributed by atoms with E-state index < -0.39 is 155 Å². The zero-order chi connectivity index (χ0) is 69.1. The lowest BCUT2D eigenvalue weighted by Crippen LogP contribution is -2.60. The average Bonchev–Trinajstić information content (AvgIpc) is 1.59. The molecule has 3 aromatic heterocycles. The maximum atomic E-state index is 12.7. The minimum atomic E-state index is -1.84. The molecule has 7 aromatic rings. The first-order chi connectivity index (χ1) is 47.2. The molecule has 8 bridgehead atoms. The van der Waals surface area contributed by atoms with Gasteiger partial charge in [-0.05, 0) is 114 Å². The molecule has 0 saturated carbocycles. The van der Waals surface area contributed by atoms with E-state index in [2.05, 4.69) is 9.97 Å². The normalized spacial score (nSPS) is 32.6. The number of aliphatic hydroxyl groups is 17. The van der Waals surface area contributed by atoms with Crippen LogP contribution in [0.25, 0.3) is 78.7 Å². The fraction of sp³-hybridized carbons (Fsp3) is 0.391. The second kappa shape index (κ2) is 28.4. The largest absolute Gasteiger partial charge is 0.462 e. The van der Waals surface area contributed by atoms with Crippen LogP contribution in [0, 0.1) is 0 Å². The first-order valence-electron chi connectivity index (χ1n) is 31.7. The maximum absolute atomic E-state index is 12.7. The molecule has 0 radical (unpaired) electrons. The summed E-state index contributed by atoms with van der Waals surface area (Å²) >= 11 is 0. The maximum Gasteiger partial charge on any atom is 0.229 e. The number of aromatic amines is 2. The van der Waals surface area contributed by atoms with Gasteiger partial charge in [0.1, 0.15) is 127 Å². The molecule has 13 rings (SSSR count). The fourth-order valence-corrected chi connectivity index (χ4v) is 13.0. The van der Waals surface area contributed by atoms with Crippen molar-refractivity contribution in [3.8, 4) is 67.5 Å². The van der Waals surface area contributed by atoms with Crippen LogP contribution >= 0.6 is 0 Å². The van der Waals surface area contributed by atoms with Gasteiger partial charge in [0.15, 0.2) is 0 Å². The van der Waals surface area contributed by atoms with Crippen molar-refractivity contribution in [2.24, 2.45) is 0 Å². The quantitative estimate of drug-likeness (QED) is 0.0608. The second-order valence-electron chi connectivity index (χ2n) is 24.7. The second-order valence-corrected chi connectivity index (χ2v) is 24.7. The van der Waals surface area contributed by atoms with Gasteiger partial charge in [-0.1, -0.05) is 55.5 Å². The number of aliphatic hydroxyl groups excluding tert-OH is 17. The molecule has 19 N–H and O–H groups in total. The number of aromatic nitrogens is 4. The molecule has 0 spiro atoms. The Morgan fingerprint density at radius 2 is 0.612 bits per heavy atom. The van der Waals surface area contributed by atoms with Crippen LogP contribution in [-0.2, 0) is 18.9 Å². The topological polar surface area (TPSA) is 475 Å². The Kier molecular flexibility index (Phi) is 19.9. The summed E-state index contributed by atoms with van der Waals surface area (Å²) in [5.74, 6) is 0.290. The number of fused-ring (bicyclic) bond motifs is 8. The summed E-state index contributed by atoms with van der Waals surface area (Å²) in [5, 5.41) is 185. The summed E-state index contributed by atoms with van der Waals surface area (Å²) in [6, 6.07) is 32.4. The van der Waals surface area contributed by atoms with Crippen molar-refractivity contribution < 1.29 is 125 Å². The van der Waals surface area contributed by atoms with Gasteiger partial charge in [0.05, 0.1) is 48.7 Å². The molecule has 29 nitrogen and oxygen atoms in total. The minimum Gasteiger partial charge on any atom is -0.462 e. The van der Waals surface area contributed by atoms with Crippen molar-refractivity contribution in [3.05, 3.63) is 144 Å². The molecule has 4 aromatic carbocycles. The smallest absolute Gasteiger partial charge is 0.229 e. The van der Waals surface area contributed by atoms with Crippen molar-refractivity contribution in [2.75, 3.05) is 19.8 Å². The molecule has 8 unspecified atom stereocenters. The third kappa shape index (κ3) is 13.0. The Morgan fingerprint density at radius 3 is 0.908 bits per heavy atom. The van der Waals surface area contributed by atoms with Crippen LogP contribution in [0.2, 0.25) is 0 Å². The van der Waals surface area contributed by atoms with Crippen molar-refractivity contribution in [2.45, 2.75) is 148 Å². The van der Waals surface area contributed by atoms with E-state index in [1.165, 1.54) is 12.1 Å². The van der Waals surface area contributed by atoms with Gasteiger partial charge in [-0.25, -0.2) is 4.98 Å². The number of hydrogen-bond acceptors (Lipinski definition) is 27. The van der Waals surface area contributed by atoms with Crippen LogP contribution in [-0.4, -0.2) is 249 Å². The molecule has 98 heavy (non-hydrogen) atoms. The van der Waals surface area contributed by atoms with E-state index in [-0.39, 0.29) is 68.5 Å². The molecule has 4 saturated heterocycles. The predicted molar refractivity (Wildman–Crippen MR) is 342 cm³/mol. The summed E-state index contributed by atoms with van der Waals surface area (Å²) in [6.07, 6.45) is -31.5. The highest BCUT2D eigenvalue weighted by molar-refractivity contribution is 5.98. The van der Waals surface area contributed by atoms with Crippen molar-refractivity contribution in [1.82, 2.24) is 19.9 Å². The van der Waals surface area contributed by atoms with Crippen LogP contribution in [0.5, 0.6) is 23.0 Å². The molecule has 520 valence electrons. The fourth-order valence-electron chi connectivity index (χ4n) is 13.0. The number of rotatable bonds is 16. The van der Waals surface area contributed by atoms with Crippen LogP contribution in [0.3, 0.4) is 0 Å². The van der Waals surface area contributed by atoms with Crippen molar-refractivity contribution in [3.63, 3.8) is 0 Å². The van der Waals surface area contributed by atoms with E-state index in [9.17, 15) is 86.8 Å². The lowest BCUT2D eigenvalue weighted by atomic mass is 9.97. The van der Waals surface area contributed by atoms with Crippen LogP contribution in [0.15, 0.2) is 121 Å². The molecule has 6 aliphatic rings.